The van der Waals surface area contributed by atoms with E-state index in [1.165, 1.54) is 12.8 Å². The number of carbonyl (C=O) groups is 2. The summed E-state index contributed by atoms with van der Waals surface area (Å²) in [4.78, 5) is 24.0. The van der Waals surface area contributed by atoms with Gasteiger partial charge >= 0.3 is 0 Å². The van der Waals surface area contributed by atoms with Crippen LogP contribution < -0.4 is 15.4 Å². The summed E-state index contributed by atoms with van der Waals surface area (Å²) in [5.41, 5.74) is 2.04. The number of ether oxygens (including phenoxy) is 1. The van der Waals surface area contributed by atoms with Crippen molar-refractivity contribution in [3.05, 3.63) is 65.2 Å². The zero-order valence-corrected chi connectivity index (χ0v) is 15.0. The summed E-state index contributed by atoms with van der Waals surface area (Å²) in [5, 5.41) is 5.47. The summed E-state index contributed by atoms with van der Waals surface area (Å²) < 4.78 is 5.92. The normalized spacial score (nSPS) is 14.0. The lowest BCUT2D eigenvalue weighted by atomic mass is 10.1. The van der Waals surface area contributed by atoms with Gasteiger partial charge in [0.2, 0.25) is 0 Å². The van der Waals surface area contributed by atoms with Crippen LogP contribution in [0.3, 0.4) is 0 Å². The molecule has 5 heteroatoms. The van der Waals surface area contributed by atoms with Gasteiger partial charge < -0.3 is 15.4 Å². The maximum atomic E-state index is 12.3. The molecule has 0 spiro atoms. The van der Waals surface area contributed by atoms with Crippen LogP contribution >= 0.6 is 0 Å². The topological polar surface area (TPSA) is 67.4 Å². The van der Waals surface area contributed by atoms with Gasteiger partial charge in [0, 0.05) is 24.7 Å². The second kappa shape index (κ2) is 8.52. The third kappa shape index (κ3) is 4.63. The minimum atomic E-state index is -0.150. The second-order valence-corrected chi connectivity index (χ2v) is 6.51. The van der Waals surface area contributed by atoms with Crippen molar-refractivity contribution in [1.29, 1.82) is 0 Å². The second-order valence-electron chi connectivity index (χ2n) is 6.51. The highest BCUT2D eigenvalue weighted by atomic mass is 16.5. The summed E-state index contributed by atoms with van der Waals surface area (Å²) in [6.45, 7) is 0.365. The van der Waals surface area contributed by atoms with Crippen LogP contribution in [0.2, 0.25) is 0 Å². The predicted octanol–water partition coefficient (Wildman–Crippen LogP) is 3.30. The molecule has 1 aliphatic rings. The van der Waals surface area contributed by atoms with Gasteiger partial charge in [-0.1, -0.05) is 12.1 Å². The van der Waals surface area contributed by atoms with Gasteiger partial charge in [-0.15, -0.1) is 0 Å². The fraction of sp³-hybridized carbons (Fsp3) is 0.333. The van der Waals surface area contributed by atoms with Crippen LogP contribution in [0.1, 0.15) is 52.0 Å². The van der Waals surface area contributed by atoms with Crippen LogP contribution in [0, 0.1) is 0 Å². The van der Waals surface area contributed by atoms with Gasteiger partial charge in [0.05, 0.1) is 6.10 Å². The zero-order valence-electron chi connectivity index (χ0n) is 15.0. The molecular formula is C21H24N2O3. The Bertz CT molecular complexity index is 765. The lowest BCUT2D eigenvalue weighted by Gasteiger charge is -2.13. The number of benzene rings is 2. The summed E-state index contributed by atoms with van der Waals surface area (Å²) in [7, 11) is 1.59. The standard InChI is InChI=1S/C21H24N2O3/c1-22-20(24)17-6-4-5-15(13-17)14-23-21(25)16-9-11-19(12-10-16)26-18-7-2-3-8-18/h4-6,9-13,18H,2-3,7-8,14H2,1H3,(H,22,24)(H,23,25). The van der Waals surface area contributed by atoms with Gasteiger partial charge in [-0.3, -0.25) is 9.59 Å². The number of nitrogens with one attached hydrogen (secondary N) is 2. The SMILES string of the molecule is CNC(=O)c1cccc(CNC(=O)c2ccc(OC3CCCC3)cc2)c1. The molecule has 0 aliphatic heterocycles. The van der Waals surface area contributed by atoms with Gasteiger partial charge in [0.1, 0.15) is 5.75 Å². The average molecular weight is 352 g/mol. The number of rotatable bonds is 6. The van der Waals surface area contributed by atoms with E-state index in [4.69, 9.17) is 4.74 Å². The van der Waals surface area contributed by atoms with Crippen molar-refractivity contribution in [3.8, 4) is 5.75 Å². The lowest BCUT2D eigenvalue weighted by Crippen LogP contribution is -2.23. The molecule has 2 N–H and O–H groups in total. The van der Waals surface area contributed by atoms with E-state index in [0.717, 1.165) is 24.2 Å². The molecule has 1 fully saturated rings. The van der Waals surface area contributed by atoms with Crippen molar-refractivity contribution in [2.75, 3.05) is 7.05 Å². The lowest BCUT2D eigenvalue weighted by molar-refractivity contribution is 0.0948. The largest absolute Gasteiger partial charge is 0.490 e. The average Bonchev–Trinajstić information content (AvgIpc) is 3.19. The molecular weight excluding hydrogens is 328 g/mol. The van der Waals surface area contributed by atoms with Crippen LogP contribution in [0.4, 0.5) is 0 Å². The number of hydrogen-bond donors (Lipinski definition) is 2. The Balaban J connectivity index is 1.55. The minimum absolute atomic E-state index is 0.143. The molecule has 0 atom stereocenters. The third-order valence-electron chi connectivity index (χ3n) is 4.59. The number of carbonyl (C=O) groups excluding carboxylic acids is 2. The molecule has 2 amide bonds. The van der Waals surface area contributed by atoms with E-state index in [0.29, 0.717) is 23.8 Å². The van der Waals surface area contributed by atoms with Crippen LogP contribution in [0.5, 0.6) is 5.75 Å². The van der Waals surface area contributed by atoms with Gasteiger partial charge in [-0.2, -0.15) is 0 Å². The van der Waals surface area contributed by atoms with Crippen LogP contribution in [0.15, 0.2) is 48.5 Å². The van der Waals surface area contributed by atoms with Crippen molar-refractivity contribution in [2.24, 2.45) is 0 Å². The fourth-order valence-corrected chi connectivity index (χ4v) is 3.13. The maximum absolute atomic E-state index is 12.3. The molecule has 136 valence electrons. The Morgan fingerprint density at radius 3 is 2.42 bits per heavy atom. The molecule has 0 saturated heterocycles. The van der Waals surface area contributed by atoms with E-state index in [9.17, 15) is 9.59 Å². The van der Waals surface area contributed by atoms with E-state index in [1.807, 2.05) is 18.2 Å². The van der Waals surface area contributed by atoms with Crippen molar-refractivity contribution in [1.82, 2.24) is 10.6 Å². The first-order valence-corrected chi connectivity index (χ1v) is 9.01. The molecule has 0 aromatic heterocycles. The predicted molar refractivity (Wildman–Crippen MR) is 100 cm³/mol. The first-order valence-electron chi connectivity index (χ1n) is 9.01. The highest BCUT2D eigenvalue weighted by Crippen LogP contribution is 2.24. The Labute approximate surface area is 153 Å². The summed E-state index contributed by atoms with van der Waals surface area (Å²) >= 11 is 0. The quantitative estimate of drug-likeness (QED) is 0.838. The molecule has 1 saturated carbocycles. The third-order valence-corrected chi connectivity index (χ3v) is 4.59. The molecule has 26 heavy (non-hydrogen) atoms. The van der Waals surface area contributed by atoms with Crippen molar-refractivity contribution >= 4 is 11.8 Å². The maximum Gasteiger partial charge on any atom is 0.251 e. The monoisotopic (exact) mass is 352 g/mol. The summed E-state index contributed by atoms with van der Waals surface area (Å²) in [6, 6.07) is 14.5. The first kappa shape index (κ1) is 18.0. The molecule has 0 unspecified atom stereocenters. The molecule has 3 rings (SSSR count). The summed E-state index contributed by atoms with van der Waals surface area (Å²) in [5.74, 6) is 0.519. The molecule has 2 aromatic rings. The molecule has 0 radical (unpaired) electrons. The van der Waals surface area contributed by atoms with Crippen molar-refractivity contribution < 1.29 is 14.3 Å². The van der Waals surface area contributed by atoms with Crippen LogP contribution in [0.25, 0.3) is 0 Å². The molecule has 0 bridgehead atoms. The van der Waals surface area contributed by atoms with Gasteiger partial charge in [-0.25, -0.2) is 0 Å². The van der Waals surface area contributed by atoms with E-state index >= 15 is 0 Å². The van der Waals surface area contributed by atoms with E-state index in [1.54, 1.807) is 37.4 Å². The van der Waals surface area contributed by atoms with Crippen LogP contribution in [-0.4, -0.2) is 25.0 Å². The summed E-state index contributed by atoms with van der Waals surface area (Å²) in [6.07, 6.45) is 4.98. The molecule has 1 aliphatic carbocycles. The van der Waals surface area contributed by atoms with Crippen molar-refractivity contribution in [3.63, 3.8) is 0 Å². The van der Waals surface area contributed by atoms with Gasteiger partial charge in [0.15, 0.2) is 0 Å². The number of amides is 2. The minimum Gasteiger partial charge on any atom is -0.490 e. The fourth-order valence-electron chi connectivity index (χ4n) is 3.13. The van der Waals surface area contributed by atoms with E-state index < -0.39 is 0 Å². The van der Waals surface area contributed by atoms with Gasteiger partial charge in [-0.05, 0) is 67.6 Å². The first-order chi connectivity index (χ1) is 12.7. The zero-order chi connectivity index (χ0) is 18.4. The smallest absolute Gasteiger partial charge is 0.251 e. The Morgan fingerprint density at radius 1 is 1.00 bits per heavy atom. The highest BCUT2D eigenvalue weighted by molar-refractivity contribution is 5.95. The van der Waals surface area contributed by atoms with Crippen LogP contribution in [-0.2, 0) is 6.54 Å². The highest BCUT2D eigenvalue weighted by Gasteiger charge is 2.16. The Hall–Kier alpha value is -2.82. The Kier molecular flexibility index (Phi) is 5.89. The van der Waals surface area contributed by atoms with E-state index in [-0.39, 0.29) is 11.8 Å². The number of hydrogen-bond acceptors (Lipinski definition) is 3. The van der Waals surface area contributed by atoms with Crippen molar-refractivity contribution in [2.45, 2.75) is 38.3 Å². The molecule has 5 nitrogen and oxygen atoms in total. The van der Waals surface area contributed by atoms with Gasteiger partial charge in [0.25, 0.3) is 11.8 Å². The Morgan fingerprint density at radius 2 is 1.73 bits per heavy atom. The molecule has 0 heterocycles. The van der Waals surface area contributed by atoms with E-state index in [2.05, 4.69) is 10.6 Å². The molecule has 2 aromatic carbocycles.